The highest BCUT2D eigenvalue weighted by molar-refractivity contribution is 5.99. The molecular weight excluding hydrogens is 375 g/mol. The van der Waals surface area contributed by atoms with Crippen LogP contribution in [0.2, 0.25) is 0 Å². The molecule has 0 aromatic carbocycles. The van der Waals surface area contributed by atoms with Crippen molar-refractivity contribution >= 4 is 17.4 Å². The largest absolute Gasteiger partial charge is 0.350 e. The van der Waals surface area contributed by atoms with E-state index < -0.39 is 11.9 Å². The SMILES string of the molecule is CC1C[C@@H]2c3cc(F)cn(c3=O)C(C)CNC(=O)c3cnn4ccc(nc34)N2C1. The third-order valence-corrected chi connectivity index (χ3v) is 5.83. The number of rotatable bonds is 0. The minimum Gasteiger partial charge on any atom is -0.350 e. The molecule has 29 heavy (non-hydrogen) atoms. The number of nitrogens with zero attached hydrogens (tertiary/aromatic N) is 5. The van der Waals surface area contributed by atoms with Gasteiger partial charge in [-0.1, -0.05) is 6.92 Å². The molecule has 0 aliphatic carbocycles. The van der Waals surface area contributed by atoms with E-state index in [1.165, 1.54) is 23.0 Å². The lowest BCUT2D eigenvalue weighted by molar-refractivity contribution is 0.0950. The molecular formula is C20H21FN6O2. The molecule has 2 unspecified atom stereocenters. The van der Waals surface area contributed by atoms with E-state index in [1.807, 2.05) is 11.0 Å². The van der Waals surface area contributed by atoms with Gasteiger partial charge in [0, 0.05) is 31.0 Å². The summed E-state index contributed by atoms with van der Waals surface area (Å²) in [5.41, 5.74) is 1.01. The summed E-state index contributed by atoms with van der Waals surface area (Å²) in [4.78, 5) is 32.7. The summed E-state index contributed by atoms with van der Waals surface area (Å²) in [6.07, 6.45) is 5.17. The molecule has 1 amide bonds. The summed E-state index contributed by atoms with van der Waals surface area (Å²) in [6.45, 7) is 4.76. The highest BCUT2D eigenvalue weighted by atomic mass is 19.1. The van der Waals surface area contributed by atoms with Crippen LogP contribution in [0.5, 0.6) is 0 Å². The van der Waals surface area contributed by atoms with Gasteiger partial charge in [0.05, 0.1) is 18.3 Å². The van der Waals surface area contributed by atoms with Crippen molar-refractivity contribution < 1.29 is 9.18 Å². The first-order chi connectivity index (χ1) is 13.9. The van der Waals surface area contributed by atoms with Crippen LogP contribution in [-0.4, -0.2) is 38.2 Å². The number of halogens is 1. The smallest absolute Gasteiger partial charge is 0.256 e. The van der Waals surface area contributed by atoms with Crippen LogP contribution >= 0.6 is 0 Å². The predicted molar refractivity (Wildman–Crippen MR) is 105 cm³/mol. The molecule has 2 aliphatic heterocycles. The highest BCUT2D eigenvalue weighted by Crippen LogP contribution is 2.37. The van der Waals surface area contributed by atoms with Crippen LogP contribution in [0.25, 0.3) is 5.65 Å². The van der Waals surface area contributed by atoms with E-state index in [0.717, 1.165) is 6.42 Å². The van der Waals surface area contributed by atoms with Crippen LogP contribution in [0.4, 0.5) is 10.2 Å². The van der Waals surface area contributed by atoms with Crippen LogP contribution in [-0.2, 0) is 0 Å². The van der Waals surface area contributed by atoms with Gasteiger partial charge in [0.15, 0.2) is 5.65 Å². The maximum atomic E-state index is 14.5. The summed E-state index contributed by atoms with van der Waals surface area (Å²) < 4.78 is 17.4. The van der Waals surface area contributed by atoms with Gasteiger partial charge < -0.3 is 14.8 Å². The number of pyridine rings is 1. The van der Waals surface area contributed by atoms with Crippen molar-refractivity contribution in [3.05, 3.63) is 58.0 Å². The number of carbonyl (C=O) groups is 1. The quantitative estimate of drug-likeness (QED) is 0.628. The number of amides is 1. The Morgan fingerprint density at radius 2 is 2.10 bits per heavy atom. The van der Waals surface area contributed by atoms with E-state index in [-0.39, 0.29) is 24.1 Å². The number of aromatic nitrogens is 4. The van der Waals surface area contributed by atoms with E-state index in [1.54, 1.807) is 17.6 Å². The van der Waals surface area contributed by atoms with Gasteiger partial charge in [-0.15, -0.1) is 0 Å². The Kier molecular flexibility index (Phi) is 3.94. The summed E-state index contributed by atoms with van der Waals surface area (Å²) in [7, 11) is 0. The Hall–Kier alpha value is -3.23. The predicted octanol–water partition coefficient (Wildman–Crippen LogP) is 1.92. The third-order valence-electron chi connectivity index (χ3n) is 5.83. The van der Waals surface area contributed by atoms with E-state index >= 15 is 0 Å². The lowest BCUT2D eigenvalue weighted by Crippen LogP contribution is -2.36. The summed E-state index contributed by atoms with van der Waals surface area (Å²) in [5, 5.41) is 7.03. The zero-order chi connectivity index (χ0) is 20.3. The number of fused-ring (bicyclic) bond motifs is 6. The number of anilines is 1. The fourth-order valence-corrected chi connectivity index (χ4v) is 4.36. The number of nitrogens with one attached hydrogen (secondary N) is 1. The molecule has 1 fully saturated rings. The van der Waals surface area contributed by atoms with E-state index in [4.69, 9.17) is 0 Å². The average molecular weight is 396 g/mol. The second-order valence-corrected chi connectivity index (χ2v) is 8.01. The zero-order valence-corrected chi connectivity index (χ0v) is 16.2. The van der Waals surface area contributed by atoms with Crippen molar-refractivity contribution in [1.29, 1.82) is 0 Å². The Morgan fingerprint density at radius 1 is 1.28 bits per heavy atom. The molecule has 0 spiro atoms. The van der Waals surface area contributed by atoms with Crippen molar-refractivity contribution in [3.8, 4) is 0 Å². The van der Waals surface area contributed by atoms with Crippen LogP contribution in [0.1, 0.15) is 48.3 Å². The number of hydrogen-bond donors (Lipinski definition) is 1. The standard InChI is InChI=1S/C20H21FN6O2/c1-11-5-16-14-6-13(21)10-25(20(14)29)12(2)7-22-19(28)15-8-23-27-4-3-17(24-18(15)27)26(16)9-11/h3-4,6,8,10-12,16H,5,7,9H2,1-2H3,(H,22,28)/t11?,12?,16-/m1/s1. The molecule has 0 saturated carbocycles. The molecule has 3 aromatic rings. The molecule has 1 saturated heterocycles. The molecule has 8 nitrogen and oxygen atoms in total. The van der Waals surface area contributed by atoms with E-state index in [0.29, 0.717) is 35.1 Å². The van der Waals surface area contributed by atoms with Gasteiger partial charge in [-0.25, -0.2) is 13.9 Å². The lowest BCUT2D eigenvalue weighted by Gasteiger charge is -2.26. The fourth-order valence-electron chi connectivity index (χ4n) is 4.36. The van der Waals surface area contributed by atoms with Crippen molar-refractivity contribution in [2.45, 2.75) is 32.4 Å². The van der Waals surface area contributed by atoms with Gasteiger partial charge in [-0.2, -0.15) is 5.10 Å². The molecule has 0 radical (unpaired) electrons. The van der Waals surface area contributed by atoms with Crippen LogP contribution in [0, 0.1) is 11.7 Å². The highest BCUT2D eigenvalue weighted by Gasteiger charge is 2.35. The first-order valence-corrected chi connectivity index (χ1v) is 9.73. The summed E-state index contributed by atoms with van der Waals surface area (Å²) >= 11 is 0. The average Bonchev–Trinajstić information content (AvgIpc) is 3.29. The molecule has 150 valence electrons. The molecule has 3 atom stereocenters. The van der Waals surface area contributed by atoms with Crippen molar-refractivity contribution in [2.24, 2.45) is 5.92 Å². The lowest BCUT2D eigenvalue weighted by atomic mass is 10.0. The fraction of sp³-hybridized carbons (Fsp3) is 0.400. The Morgan fingerprint density at radius 3 is 2.93 bits per heavy atom. The van der Waals surface area contributed by atoms with E-state index in [9.17, 15) is 14.0 Å². The third kappa shape index (κ3) is 2.80. The van der Waals surface area contributed by atoms with E-state index in [2.05, 4.69) is 22.3 Å². The van der Waals surface area contributed by atoms with Crippen molar-refractivity contribution in [3.63, 3.8) is 0 Å². The maximum Gasteiger partial charge on any atom is 0.256 e. The maximum absolute atomic E-state index is 14.5. The van der Waals surface area contributed by atoms with Gasteiger partial charge >= 0.3 is 0 Å². The minimum atomic E-state index is -0.466. The summed E-state index contributed by atoms with van der Waals surface area (Å²) in [6, 6.07) is 2.46. The molecule has 9 heteroatoms. The second kappa shape index (κ2) is 6.40. The second-order valence-electron chi connectivity index (χ2n) is 8.01. The first-order valence-electron chi connectivity index (χ1n) is 9.73. The number of hydrogen-bond acceptors (Lipinski definition) is 5. The van der Waals surface area contributed by atoms with Crippen LogP contribution < -0.4 is 15.8 Å². The van der Waals surface area contributed by atoms with Crippen molar-refractivity contribution in [1.82, 2.24) is 24.5 Å². The van der Waals surface area contributed by atoms with Crippen LogP contribution in [0.3, 0.4) is 0 Å². The zero-order valence-electron chi connectivity index (χ0n) is 16.2. The Balaban J connectivity index is 1.76. The Bertz CT molecular complexity index is 1190. The first kappa shape index (κ1) is 17.8. The Labute approximate surface area is 166 Å². The van der Waals surface area contributed by atoms with Gasteiger partial charge in [-0.05, 0) is 31.4 Å². The molecule has 5 rings (SSSR count). The molecule has 4 bridgehead atoms. The molecule has 3 aromatic heterocycles. The van der Waals surface area contributed by atoms with Crippen molar-refractivity contribution in [2.75, 3.05) is 18.0 Å². The molecule has 1 N–H and O–H groups in total. The minimum absolute atomic E-state index is 0.184. The monoisotopic (exact) mass is 396 g/mol. The topological polar surface area (TPSA) is 84.5 Å². The van der Waals surface area contributed by atoms with Crippen LogP contribution in [0.15, 0.2) is 35.5 Å². The summed E-state index contributed by atoms with van der Waals surface area (Å²) in [5.74, 6) is 0.162. The van der Waals surface area contributed by atoms with Gasteiger partial charge in [0.25, 0.3) is 11.5 Å². The van der Waals surface area contributed by atoms with Gasteiger partial charge in [0.1, 0.15) is 17.2 Å². The molecule has 5 heterocycles. The van der Waals surface area contributed by atoms with Gasteiger partial charge in [-0.3, -0.25) is 9.59 Å². The number of carbonyl (C=O) groups excluding carboxylic acids is 1. The molecule has 2 aliphatic rings. The van der Waals surface area contributed by atoms with Gasteiger partial charge in [0.2, 0.25) is 0 Å². The normalized spacial score (nSPS) is 24.0.